The molecule has 2 fully saturated rings. The fraction of sp³-hybridized carbons (Fsp3) is 0.500. The summed E-state index contributed by atoms with van der Waals surface area (Å²) in [5.74, 6) is 0.696. The van der Waals surface area contributed by atoms with E-state index in [1.54, 1.807) is 0 Å². The van der Waals surface area contributed by atoms with Gasteiger partial charge < -0.3 is 9.80 Å². The molecule has 1 aromatic heterocycles. The lowest BCUT2D eigenvalue weighted by atomic mass is 10.1. The van der Waals surface area contributed by atoms with Crippen LogP contribution in [0.2, 0.25) is 0 Å². The number of carbonyl (C=O) groups excluding carboxylic acids is 1. The van der Waals surface area contributed by atoms with Crippen LogP contribution in [0, 0.1) is 5.92 Å². The van der Waals surface area contributed by atoms with Crippen LogP contribution in [-0.4, -0.2) is 46.8 Å². The minimum Gasteiger partial charge on any atom is -0.311 e. The molecule has 0 N–H and O–H groups in total. The molecule has 1 aliphatic heterocycles. The van der Waals surface area contributed by atoms with E-state index >= 15 is 0 Å². The van der Waals surface area contributed by atoms with Crippen LogP contribution in [0.4, 0.5) is 5.69 Å². The second-order valence-corrected chi connectivity index (χ2v) is 7.27. The van der Waals surface area contributed by atoms with Crippen LogP contribution in [0.5, 0.6) is 0 Å². The number of aryl methyl sites for hydroxylation is 1. The van der Waals surface area contributed by atoms with Crippen LogP contribution < -0.4 is 4.90 Å². The summed E-state index contributed by atoms with van der Waals surface area (Å²) in [7, 11) is 1.93. The zero-order chi connectivity index (χ0) is 17.2. The highest BCUT2D eigenvalue weighted by Crippen LogP contribution is 2.48. The predicted octanol–water partition coefficient (Wildman–Crippen LogP) is 2.65. The molecule has 2 atom stereocenters. The average Bonchev–Trinajstić information content (AvgIpc) is 3.02. The lowest BCUT2D eigenvalue weighted by Crippen LogP contribution is -2.39. The molecule has 0 radical (unpaired) electrons. The molecule has 0 spiro atoms. The van der Waals surface area contributed by atoms with Crippen molar-refractivity contribution >= 4 is 11.6 Å². The van der Waals surface area contributed by atoms with Gasteiger partial charge in [0.15, 0.2) is 0 Å². The maximum Gasteiger partial charge on any atom is 0.230 e. The Labute approximate surface area is 149 Å². The van der Waals surface area contributed by atoms with E-state index in [-0.39, 0.29) is 11.8 Å². The first-order chi connectivity index (χ1) is 12.2. The Morgan fingerprint density at radius 3 is 2.68 bits per heavy atom. The van der Waals surface area contributed by atoms with Crippen molar-refractivity contribution in [2.75, 3.05) is 31.1 Å². The number of amides is 1. The summed E-state index contributed by atoms with van der Waals surface area (Å²) in [5, 5.41) is 4.25. The standard InChI is InChI=1S/C20H26N4O/c1-22-15-16(14-21-22)18-13-19(18)20(25)24(17-7-3-2-4-8-17)12-11-23-9-5-6-10-23/h2-4,7-8,14-15,18-19H,5-6,9-13H2,1H3/t18-,19-/m0/s1. The summed E-state index contributed by atoms with van der Waals surface area (Å²) >= 11 is 0. The lowest BCUT2D eigenvalue weighted by Gasteiger charge is -2.26. The number of aromatic nitrogens is 2. The molecule has 1 amide bonds. The van der Waals surface area contributed by atoms with Crippen LogP contribution >= 0.6 is 0 Å². The first kappa shape index (κ1) is 16.3. The van der Waals surface area contributed by atoms with Crippen LogP contribution in [-0.2, 0) is 11.8 Å². The lowest BCUT2D eigenvalue weighted by molar-refractivity contribution is -0.119. The van der Waals surface area contributed by atoms with Crippen molar-refractivity contribution in [3.8, 4) is 0 Å². The molecule has 25 heavy (non-hydrogen) atoms. The number of carbonyl (C=O) groups is 1. The van der Waals surface area contributed by atoms with E-state index in [0.717, 1.165) is 25.2 Å². The minimum atomic E-state index is 0.1000. The van der Waals surface area contributed by atoms with Gasteiger partial charge in [-0.25, -0.2) is 0 Å². The largest absolute Gasteiger partial charge is 0.311 e. The number of benzene rings is 1. The van der Waals surface area contributed by atoms with E-state index < -0.39 is 0 Å². The first-order valence-electron chi connectivity index (χ1n) is 9.30. The quantitative estimate of drug-likeness (QED) is 0.813. The number of hydrogen-bond donors (Lipinski definition) is 0. The highest BCUT2D eigenvalue weighted by molar-refractivity contribution is 5.97. The van der Waals surface area contributed by atoms with Crippen LogP contribution in [0.3, 0.4) is 0 Å². The van der Waals surface area contributed by atoms with Gasteiger partial charge in [0.1, 0.15) is 0 Å². The summed E-state index contributed by atoms with van der Waals surface area (Å²) < 4.78 is 1.82. The molecule has 4 rings (SSSR count). The molecule has 1 saturated carbocycles. The number of nitrogens with zero attached hydrogens (tertiary/aromatic N) is 4. The molecule has 1 aromatic carbocycles. The van der Waals surface area contributed by atoms with Gasteiger partial charge in [0.25, 0.3) is 0 Å². The summed E-state index contributed by atoms with van der Waals surface area (Å²) in [4.78, 5) is 17.6. The molecule has 2 heterocycles. The van der Waals surface area contributed by atoms with Crippen molar-refractivity contribution in [1.82, 2.24) is 14.7 Å². The number of hydrogen-bond acceptors (Lipinski definition) is 3. The Hall–Kier alpha value is -2.14. The molecule has 1 saturated heterocycles. The van der Waals surface area contributed by atoms with Gasteiger partial charge in [-0.05, 0) is 56.0 Å². The number of para-hydroxylation sites is 1. The monoisotopic (exact) mass is 338 g/mol. The number of rotatable bonds is 6. The topological polar surface area (TPSA) is 41.4 Å². The molecule has 132 valence electrons. The molecule has 1 aliphatic carbocycles. The Morgan fingerprint density at radius 2 is 2.00 bits per heavy atom. The van der Waals surface area contributed by atoms with E-state index in [1.165, 1.54) is 31.5 Å². The normalized spacial score (nSPS) is 22.9. The third-order valence-corrected chi connectivity index (χ3v) is 5.43. The third-order valence-electron chi connectivity index (χ3n) is 5.43. The van der Waals surface area contributed by atoms with Crippen LogP contribution in [0.25, 0.3) is 0 Å². The average molecular weight is 338 g/mol. The van der Waals surface area contributed by atoms with Gasteiger partial charge in [0.2, 0.25) is 5.91 Å². The van der Waals surface area contributed by atoms with E-state index in [2.05, 4.69) is 10.00 Å². The maximum atomic E-state index is 13.2. The minimum absolute atomic E-state index is 0.1000. The summed E-state index contributed by atoms with van der Waals surface area (Å²) in [6, 6.07) is 10.1. The third kappa shape index (κ3) is 3.61. The molecule has 2 aliphatic rings. The fourth-order valence-corrected chi connectivity index (χ4v) is 3.89. The molecule has 0 unspecified atom stereocenters. The van der Waals surface area contributed by atoms with Gasteiger partial charge in [-0.15, -0.1) is 0 Å². The Kier molecular flexibility index (Phi) is 4.57. The van der Waals surface area contributed by atoms with Gasteiger partial charge in [-0.1, -0.05) is 18.2 Å². The molecular formula is C20H26N4O. The maximum absolute atomic E-state index is 13.2. The molecule has 2 aromatic rings. The van der Waals surface area contributed by atoms with E-state index in [1.807, 2.05) is 59.4 Å². The van der Waals surface area contributed by atoms with Gasteiger partial charge in [0, 0.05) is 37.9 Å². The number of anilines is 1. The Morgan fingerprint density at radius 1 is 1.24 bits per heavy atom. The van der Waals surface area contributed by atoms with Gasteiger partial charge in [-0.2, -0.15) is 5.10 Å². The molecular weight excluding hydrogens is 312 g/mol. The van der Waals surface area contributed by atoms with Crippen molar-refractivity contribution in [2.24, 2.45) is 13.0 Å². The van der Waals surface area contributed by atoms with Crippen molar-refractivity contribution in [3.05, 3.63) is 48.3 Å². The number of likely N-dealkylation sites (tertiary alicyclic amines) is 1. The van der Waals surface area contributed by atoms with Crippen molar-refractivity contribution in [1.29, 1.82) is 0 Å². The SMILES string of the molecule is Cn1cc([C@@H]2C[C@@H]2C(=O)N(CCN2CCCC2)c2ccccc2)cn1. The highest BCUT2D eigenvalue weighted by Gasteiger charge is 2.46. The van der Waals surface area contributed by atoms with E-state index in [0.29, 0.717) is 5.92 Å². The Bertz CT molecular complexity index is 720. The summed E-state index contributed by atoms with van der Waals surface area (Å²) in [6.07, 6.45) is 7.44. The van der Waals surface area contributed by atoms with Crippen LogP contribution in [0.1, 0.15) is 30.7 Å². The zero-order valence-electron chi connectivity index (χ0n) is 14.8. The molecule has 5 nitrogen and oxygen atoms in total. The summed E-state index contributed by atoms with van der Waals surface area (Å²) in [6.45, 7) is 4.07. The van der Waals surface area contributed by atoms with Crippen molar-refractivity contribution in [3.63, 3.8) is 0 Å². The van der Waals surface area contributed by atoms with E-state index in [4.69, 9.17) is 0 Å². The van der Waals surface area contributed by atoms with Crippen LogP contribution in [0.15, 0.2) is 42.7 Å². The van der Waals surface area contributed by atoms with Gasteiger partial charge in [0.05, 0.1) is 6.20 Å². The zero-order valence-corrected chi connectivity index (χ0v) is 14.8. The second kappa shape index (κ2) is 7.00. The van der Waals surface area contributed by atoms with Crippen molar-refractivity contribution in [2.45, 2.75) is 25.2 Å². The smallest absolute Gasteiger partial charge is 0.230 e. The van der Waals surface area contributed by atoms with Crippen molar-refractivity contribution < 1.29 is 4.79 Å². The summed E-state index contributed by atoms with van der Waals surface area (Å²) in [5.41, 5.74) is 2.21. The fourth-order valence-electron chi connectivity index (χ4n) is 3.89. The highest BCUT2D eigenvalue weighted by atomic mass is 16.2. The predicted molar refractivity (Wildman–Crippen MR) is 98.5 cm³/mol. The molecule has 5 heteroatoms. The first-order valence-corrected chi connectivity index (χ1v) is 9.30. The van der Waals surface area contributed by atoms with E-state index in [9.17, 15) is 4.79 Å². The molecule has 0 bridgehead atoms. The van der Waals surface area contributed by atoms with Gasteiger partial charge in [-0.3, -0.25) is 9.48 Å². The van der Waals surface area contributed by atoms with Gasteiger partial charge >= 0.3 is 0 Å². The Balaban J connectivity index is 1.46. The second-order valence-electron chi connectivity index (χ2n) is 7.27.